The highest BCUT2D eigenvalue weighted by molar-refractivity contribution is 7.06. The van der Waals surface area contributed by atoms with Crippen molar-refractivity contribution in [2.24, 2.45) is 4.99 Å². The van der Waals surface area contributed by atoms with Gasteiger partial charge in [0.05, 0.1) is 0 Å². The van der Waals surface area contributed by atoms with Crippen molar-refractivity contribution in [3.8, 4) is 0 Å². The molecule has 100 valence electrons. The van der Waals surface area contributed by atoms with Gasteiger partial charge in [-0.3, -0.25) is 9.48 Å². The maximum Gasteiger partial charge on any atom is 0.325 e. The van der Waals surface area contributed by atoms with Crippen molar-refractivity contribution in [2.45, 2.75) is 25.9 Å². The van der Waals surface area contributed by atoms with Crippen LogP contribution in [0.15, 0.2) is 28.0 Å². The van der Waals surface area contributed by atoms with Crippen LogP contribution < -0.4 is 9.67 Å². The third-order valence-electron chi connectivity index (χ3n) is 3.02. The zero-order valence-corrected chi connectivity index (χ0v) is 11.5. The lowest BCUT2D eigenvalue weighted by Crippen LogP contribution is -2.31. The number of aromatic nitrogens is 2. The Hall–Kier alpha value is -1.40. The highest BCUT2D eigenvalue weighted by atomic mass is 35.5. The molecule has 0 fully saturated rings. The Kier molecular flexibility index (Phi) is 3.28. The minimum Gasteiger partial charge on any atom is -0.256 e. The van der Waals surface area contributed by atoms with E-state index in [-0.39, 0.29) is 10.6 Å². The minimum atomic E-state index is -0.483. The van der Waals surface area contributed by atoms with Crippen LogP contribution in [-0.4, -0.2) is 9.36 Å². The summed E-state index contributed by atoms with van der Waals surface area (Å²) in [7, 11) is 0. The molecule has 0 amide bonds. The Morgan fingerprint density at radius 1 is 1.26 bits per heavy atom. The van der Waals surface area contributed by atoms with Crippen molar-refractivity contribution in [1.82, 2.24) is 9.36 Å². The van der Waals surface area contributed by atoms with Crippen LogP contribution in [0, 0.1) is 5.82 Å². The maximum atomic E-state index is 13.7. The number of halogens is 2. The van der Waals surface area contributed by atoms with Gasteiger partial charge in [-0.1, -0.05) is 11.6 Å². The number of hydrogen-bond donors (Lipinski definition) is 0. The monoisotopic (exact) mass is 299 g/mol. The Labute approximate surface area is 117 Å². The van der Waals surface area contributed by atoms with Crippen LogP contribution in [0.3, 0.4) is 0 Å². The fourth-order valence-corrected chi connectivity index (χ4v) is 3.14. The lowest BCUT2D eigenvalue weighted by molar-refractivity contribution is 0.345. The van der Waals surface area contributed by atoms with Gasteiger partial charge in [-0.15, -0.1) is 0 Å². The highest BCUT2D eigenvalue weighted by Gasteiger charge is 2.13. The third kappa shape index (κ3) is 2.37. The van der Waals surface area contributed by atoms with Crippen LogP contribution >= 0.6 is 22.9 Å². The van der Waals surface area contributed by atoms with E-state index in [1.807, 2.05) is 4.68 Å². The molecule has 3 rings (SSSR count). The summed E-state index contributed by atoms with van der Waals surface area (Å²) < 4.78 is 17.2. The molecule has 1 aliphatic heterocycles. The van der Waals surface area contributed by atoms with Gasteiger partial charge in [0.25, 0.3) is 0 Å². The van der Waals surface area contributed by atoms with Gasteiger partial charge < -0.3 is 0 Å². The van der Waals surface area contributed by atoms with E-state index in [1.165, 1.54) is 12.1 Å². The van der Waals surface area contributed by atoms with Crippen molar-refractivity contribution in [3.63, 3.8) is 0 Å². The zero-order chi connectivity index (χ0) is 13.4. The third-order valence-corrected chi connectivity index (χ3v) is 4.12. The Morgan fingerprint density at radius 3 is 2.74 bits per heavy atom. The second kappa shape index (κ2) is 4.94. The molecule has 7 heteroatoms. The highest BCUT2D eigenvalue weighted by Crippen LogP contribution is 2.21. The molecule has 0 aliphatic carbocycles. The molecule has 19 heavy (non-hydrogen) atoms. The molecule has 0 radical (unpaired) electrons. The van der Waals surface area contributed by atoms with Crippen LogP contribution in [-0.2, 0) is 13.1 Å². The first kappa shape index (κ1) is 12.6. The lowest BCUT2D eigenvalue weighted by Gasteiger charge is -2.15. The van der Waals surface area contributed by atoms with E-state index in [9.17, 15) is 9.18 Å². The summed E-state index contributed by atoms with van der Waals surface area (Å²) in [6, 6.07) is 4.32. The van der Waals surface area contributed by atoms with E-state index in [0.29, 0.717) is 16.4 Å². The molecule has 0 spiro atoms. The predicted octanol–water partition coefficient (Wildman–Crippen LogP) is 2.53. The molecule has 0 N–H and O–H groups in total. The van der Waals surface area contributed by atoms with Gasteiger partial charge in [0.2, 0.25) is 4.80 Å². The average Bonchev–Trinajstić information content (AvgIpc) is 2.71. The van der Waals surface area contributed by atoms with Crippen molar-refractivity contribution in [2.75, 3.05) is 0 Å². The first-order chi connectivity index (χ1) is 9.15. The second-order valence-corrected chi connectivity index (χ2v) is 5.67. The molecular formula is C12H11ClFN3OS. The zero-order valence-electron chi connectivity index (χ0n) is 9.97. The standard InChI is InChI=1S/C12H11ClFN3OS/c13-8-3-4-10(9(14)7-8)15-11-16-5-1-2-6-17(16)12(18)19-11/h3-4,7H,1-2,5-6H2. The summed E-state index contributed by atoms with van der Waals surface area (Å²) in [5.41, 5.74) is 0.201. The summed E-state index contributed by atoms with van der Waals surface area (Å²) in [5.74, 6) is -0.483. The van der Waals surface area contributed by atoms with E-state index in [0.717, 1.165) is 30.7 Å². The largest absolute Gasteiger partial charge is 0.325 e. The molecule has 0 saturated carbocycles. The smallest absolute Gasteiger partial charge is 0.256 e. The fourth-order valence-electron chi connectivity index (χ4n) is 2.09. The van der Waals surface area contributed by atoms with E-state index in [4.69, 9.17) is 11.6 Å². The number of fused-ring (bicyclic) bond motifs is 1. The Bertz CT molecular complexity index is 746. The van der Waals surface area contributed by atoms with Gasteiger partial charge in [-0.05, 0) is 42.4 Å². The Balaban J connectivity index is 2.16. The molecule has 0 saturated heterocycles. The molecule has 0 unspecified atom stereocenters. The number of nitrogens with zero attached hydrogens (tertiary/aromatic N) is 3. The number of benzene rings is 1. The lowest BCUT2D eigenvalue weighted by atomic mass is 10.3. The SMILES string of the molecule is O=c1sc(=Nc2ccc(Cl)cc2F)n2n1CCCC2. The molecule has 4 nitrogen and oxygen atoms in total. The van der Waals surface area contributed by atoms with Gasteiger partial charge in [0.1, 0.15) is 11.5 Å². The molecular weight excluding hydrogens is 289 g/mol. The molecule has 0 atom stereocenters. The summed E-state index contributed by atoms with van der Waals surface area (Å²) in [6.45, 7) is 1.45. The Morgan fingerprint density at radius 2 is 2.00 bits per heavy atom. The molecule has 1 aromatic heterocycles. The van der Waals surface area contributed by atoms with Crippen molar-refractivity contribution in [1.29, 1.82) is 0 Å². The van der Waals surface area contributed by atoms with E-state index < -0.39 is 5.82 Å². The van der Waals surface area contributed by atoms with E-state index >= 15 is 0 Å². The average molecular weight is 300 g/mol. The number of rotatable bonds is 1. The van der Waals surface area contributed by atoms with Crippen LogP contribution in [0.5, 0.6) is 0 Å². The maximum absolute atomic E-state index is 13.7. The van der Waals surface area contributed by atoms with Crippen LogP contribution in [0.1, 0.15) is 12.8 Å². The molecule has 1 aromatic carbocycles. The first-order valence-electron chi connectivity index (χ1n) is 5.96. The van der Waals surface area contributed by atoms with Crippen LogP contribution in [0.4, 0.5) is 10.1 Å². The van der Waals surface area contributed by atoms with Gasteiger partial charge in [-0.25, -0.2) is 14.1 Å². The van der Waals surface area contributed by atoms with Gasteiger partial charge in [0, 0.05) is 18.1 Å². The quantitative estimate of drug-likeness (QED) is 0.797. The van der Waals surface area contributed by atoms with E-state index in [1.54, 1.807) is 10.7 Å². The normalized spacial score (nSPS) is 15.6. The van der Waals surface area contributed by atoms with Crippen LogP contribution in [0.2, 0.25) is 5.02 Å². The molecule has 0 bridgehead atoms. The molecule has 1 aliphatic rings. The van der Waals surface area contributed by atoms with Gasteiger partial charge >= 0.3 is 4.87 Å². The summed E-state index contributed by atoms with van der Waals surface area (Å²) >= 11 is 6.74. The van der Waals surface area contributed by atoms with Crippen LogP contribution in [0.25, 0.3) is 0 Å². The molecule has 2 heterocycles. The first-order valence-corrected chi connectivity index (χ1v) is 7.15. The van der Waals surface area contributed by atoms with Crippen molar-refractivity contribution >= 4 is 28.6 Å². The summed E-state index contributed by atoms with van der Waals surface area (Å²) in [4.78, 5) is 16.5. The summed E-state index contributed by atoms with van der Waals surface area (Å²) in [6.07, 6.45) is 2.00. The van der Waals surface area contributed by atoms with Gasteiger partial charge in [0.15, 0.2) is 0 Å². The molecule has 2 aromatic rings. The van der Waals surface area contributed by atoms with Crippen molar-refractivity contribution in [3.05, 3.63) is 43.5 Å². The fraction of sp³-hybridized carbons (Fsp3) is 0.333. The summed E-state index contributed by atoms with van der Waals surface area (Å²) in [5, 5.41) is 0.330. The second-order valence-electron chi connectivity index (χ2n) is 4.31. The topological polar surface area (TPSA) is 39.3 Å². The number of hydrogen-bond acceptors (Lipinski definition) is 3. The van der Waals surface area contributed by atoms with Gasteiger partial charge in [-0.2, -0.15) is 0 Å². The van der Waals surface area contributed by atoms with E-state index in [2.05, 4.69) is 4.99 Å². The van der Waals surface area contributed by atoms with Crippen molar-refractivity contribution < 1.29 is 4.39 Å². The predicted molar refractivity (Wildman–Crippen MR) is 72.4 cm³/mol. The minimum absolute atomic E-state index is 0.0483.